The summed E-state index contributed by atoms with van der Waals surface area (Å²) >= 11 is 0. The highest BCUT2D eigenvalue weighted by molar-refractivity contribution is 5.86. The molecule has 1 aromatic heterocycles. The molecule has 1 N–H and O–H groups in total. The number of benzene rings is 1. The normalized spacial score (nSPS) is 23.2. The smallest absolute Gasteiger partial charge is 0.416 e. The molecule has 1 saturated heterocycles. The number of hydrogen-bond donors (Lipinski definition) is 1. The standard InChI is InChI=1S/C21H22F3N3O4/c1-12-13(3-2-4-17(12)21(22,23)24)11-31-16-7-14-9-26(10-15(14)8-16)20(30)27-6-5-18(25-27)19(28)29/h2-6,14-16H,7-11H2,1H3,(H,28,29)/t14-,15+,16?. The number of ether oxygens (including phenoxy) is 1. The van der Waals surface area contributed by atoms with Crippen molar-refractivity contribution in [3.63, 3.8) is 0 Å². The SMILES string of the molecule is Cc1c(COC2C[C@@H]3CN(C(=O)n4ccc(C(=O)O)n4)C[C@@H]3C2)cccc1C(F)(F)F. The van der Waals surface area contributed by atoms with Crippen LogP contribution in [0.25, 0.3) is 0 Å². The molecule has 0 bridgehead atoms. The van der Waals surface area contributed by atoms with Crippen molar-refractivity contribution in [2.75, 3.05) is 13.1 Å². The predicted octanol–water partition coefficient (Wildman–Crippen LogP) is 3.80. The van der Waals surface area contributed by atoms with Crippen LogP contribution in [0, 0.1) is 18.8 Å². The van der Waals surface area contributed by atoms with Crippen LogP contribution in [0.15, 0.2) is 30.5 Å². The molecule has 2 aromatic rings. The number of aromatic nitrogens is 2. The van der Waals surface area contributed by atoms with Crippen LogP contribution in [0.3, 0.4) is 0 Å². The lowest BCUT2D eigenvalue weighted by Crippen LogP contribution is -2.34. The number of aromatic carboxylic acids is 1. The maximum atomic E-state index is 13.1. The number of amides is 1. The Hall–Kier alpha value is -2.88. The van der Waals surface area contributed by atoms with Gasteiger partial charge in [0, 0.05) is 19.3 Å². The predicted molar refractivity (Wildman–Crippen MR) is 103 cm³/mol. The number of hydrogen-bond acceptors (Lipinski definition) is 4. The minimum Gasteiger partial charge on any atom is -0.476 e. The van der Waals surface area contributed by atoms with Gasteiger partial charge in [-0.25, -0.2) is 9.59 Å². The van der Waals surface area contributed by atoms with Gasteiger partial charge in [0.1, 0.15) is 0 Å². The third kappa shape index (κ3) is 4.30. The van der Waals surface area contributed by atoms with Crippen molar-refractivity contribution < 1.29 is 32.6 Å². The van der Waals surface area contributed by atoms with Gasteiger partial charge in [0.2, 0.25) is 0 Å². The zero-order chi connectivity index (χ0) is 22.3. The number of rotatable bonds is 4. The number of alkyl halides is 3. The van der Waals surface area contributed by atoms with E-state index >= 15 is 0 Å². The van der Waals surface area contributed by atoms with Crippen LogP contribution in [-0.2, 0) is 17.5 Å². The second-order valence-electron chi connectivity index (χ2n) is 8.15. The molecule has 0 radical (unpaired) electrons. The first kappa shape index (κ1) is 21.4. The number of carboxylic acid groups (broad SMARTS) is 1. The van der Waals surface area contributed by atoms with Crippen molar-refractivity contribution in [1.29, 1.82) is 0 Å². The third-order valence-electron chi connectivity index (χ3n) is 6.21. The van der Waals surface area contributed by atoms with E-state index in [9.17, 15) is 22.8 Å². The Morgan fingerprint density at radius 3 is 2.45 bits per heavy atom. The van der Waals surface area contributed by atoms with E-state index in [4.69, 9.17) is 9.84 Å². The molecule has 7 nitrogen and oxygen atoms in total. The highest BCUT2D eigenvalue weighted by Crippen LogP contribution is 2.40. The fraction of sp³-hybridized carbons (Fsp3) is 0.476. The fourth-order valence-electron chi connectivity index (χ4n) is 4.58. The van der Waals surface area contributed by atoms with Crippen LogP contribution in [0.1, 0.15) is 40.0 Å². The van der Waals surface area contributed by atoms with E-state index in [0.29, 0.717) is 18.7 Å². The molecule has 31 heavy (non-hydrogen) atoms. The molecule has 1 amide bonds. The van der Waals surface area contributed by atoms with Crippen molar-refractivity contribution in [3.8, 4) is 0 Å². The van der Waals surface area contributed by atoms with Crippen LogP contribution in [0.4, 0.5) is 18.0 Å². The van der Waals surface area contributed by atoms with Gasteiger partial charge < -0.3 is 14.7 Å². The Morgan fingerprint density at radius 1 is 1.19 bits per heavy atom. The maximum absolute atomic E-state index is 13.1. The van der Waals surface area contributed by atoms with Gasteiger partial charge in [-0.3, -0.25) is 0 Å². The van der Waals surface area contributed by atoms with Crippen molar-refractivity contribution in [1.82, 2.24) is 14.7 Å². The fourth-order valence-corrected chi connectivity index (χ4v) is 4.58. The lowest BCUT2D eigenvalue weighted by molar-refractivity contribution is -0.138. The highest BCUT2D eigenvalue weighted by Gasteiger charge is 2.43. The van der Waals surface area contributed by atoms with Crippen molar-refractivity contribution in [2.45, 2.75) is 38.7 Å². The third-order valence-corrected chi connectivity index (χ3v) is 6.21. The minimum atomic E-state index is -4.39. The first-order valence-electron chi connectivity index (χ1n) is 9.99. The molecular weight excluding hydrogens is 415 g/mol. The summed E-state index contributed by atoms with van der Waals surface area (Å²) in [5.41, 5.74) is -0.122. The van der Waals surface area contributed by atoms with Crippen LogP contribution >= 0.6 is 0 Å². The van der Waals surface area contributed by atoms with E-state index in [1.807, 2.05) is 0 Å². The molecule has 1 unspecified atom stereocenters. The van der Waals surface area contributed by atoms with Gasteiger partial charge in [0.05, 0.1) is 18.3 Å². The van der Waals surface area contributed by atoms with Crippen molar-refractivity contribution in [2.24, 2.45) is 11.8 Å². The summed E-state index contributed by atoms with van der Waals surface area (Å²) in [5.74, 6) is -0.710. The van der Waals surface area contributed by atoms with E-state index < -0.39 is 17.7 Å². The summed E-state index contributed by atoms with van der Waals surface area (Å²) in [6.07, 6.45) is -1.66. The number of fused-ring (bicyclic) bond motifs is 1. The van der Waals surface area contributed by atoms with Gasteiger partial charge in [-0.05, 0) is 54.9 Å². The van der Waals surface area contributed by atoms with E-state index in [0.717, 1.165) is 23.6 Å². The molecule has 0 spiro atoms. The zero-order valence-electron chi connectivity index (χ0n) is 16.8. The van der Waals surface area contributed by atoms with Crippen LogP contribution in [0.2, 0.25) is 0 Å². The Kier molecular flexibility index (Phi) is 5.50. The molecule has 2 heterocycles. The summed E-state index contributed by atoms with van der Waals surface area (Å²) in [4.78, 5) is 25.2. The molecule has 2 fully saturated rings. The Bertz CT molecular complexity index is 990. The second-order valence-corrected chi connectivity index (χ2v) is 8.15. The quantitative estimate of drug-likeness (QED) is 0.787. The number of halogens is 3. The molecule has 166 valence electrons. The average Bonchev–Trinajstić information content (AvgIpc) is 3.40. The lowest BCUT2D eigenvalue weighted by Gasteiger charge is -2.20. The van der Waals surface area contributed by atoms with Crippen molar-refractivity contribution in [3.05, 3.63) is 52.8 Å². The van der Waals surface area contributed by atoms with Gasteiger partial charge in [-0.1, -0.05) is 12.1 Å². The average molecular weight is 437 g/mol. The molecule has 2 aliphatic rings. The molecule has 1 aromatic carbocycles. The lowest BCUT2D eigenvalue weighted by atomic mass is 10.0. The van der Waals surface area contributed by atoms with Gasteiger partial charge in [-0.2, -0.15) is 23.0 Å². The molecule has 3 atom stereocenters. The molecule has 1 aliphatic heterocycles. The van der Waals surface area contributed by atoms with Gasteiger partial charge in [0.15, 0.2) is 5.69 Å². The molecule has 10 heteroatoms. The molecular formula is C21H22F3N3O4. The summed E-state index contributed by atoms with van der Waals surface area (Å²) in [5, 5.41) is 12.7. The number of likely N-dealkylation sites (tertiary alicyclic amines) is 1. The van der Waals surface area contributed by atoms with Gasteiger partial charge >= 0.3 is 18.2 Å². The molecule has 1 saturated carbocycles. The first-order chi connectivity index (χ1) is 14.6. The largest absolute Gasteiger partial charge is 0.476 e. The van der Waals surface area contributed by atoms with Gasteiger partial charge in [0.25, 0.3) is 0 Å². The molecule has 1 aliphatic carbocycles. The first-order valence-corrected chi connectivity index (χ1v) is 9.99. The summed E-state index contributed by atoms with van der Waals surface area (Å²) in [6.45, 7) is 2.62. The number of nitrogens with zero attached hydrogens (tertiary/aromatic N) is 3. The van der Waals surface area contributed by atoms with E-state index in [-0.39, 0.29) is 41.8 Å². The van der Waals surface area contributed by atoms with Crippen molar-refractivity contribution >= 4 is 12.0 Å². The van der Waals surface area contributed by atoms with Crippen LogP contribution in [0.5, 0.6) is 0 Å². The zero-order valence-corrected chi connectivity index (χ0v) is 16.8. The second kappa shape index (κ2) is 7.99. The number of carboxylic acids is 1. The number of carbonyl (C=O) groups is 2. The van der Waals surface area contributed by atoms with Crippen LogP contribution < -0.4 is 0 Å². The Morgan fingerprint density at radius 2 is 1.87 bits per heavy atom. The highest BCUT2D eigenvalue weighted by atomic mass is 19.4. The Labute approximate surface area is 176 Å². The summed E-state index contributed by atoms with van der Waals surface area (Å²) in [7, 11) is 0. The Balaban J connectivity index is 1.32. The van der Waals surface area contributed by atoms with E-state index in [1.165, 1.54) is 25.3 Å². The summed E-state index contributed by atoms with van der Waals surface area (Å²) in [6, 6.07) is 5.03. The van der Waals surface area contributed by atoms with E-state index in [2.05, 4.69) is 5.10 Å². The topological polar surface area (TPSA) is 84.7 Å². The van der Waals surface area contributed by atoms with Crippen LogP contribution in [-0.4, -0.2) is 51.0 Å². The monoisotopic (exact) mass is 437 g/mol. The minimum absolute atomic E-state index is 0.0653. The maximum Gasteiger partial charge on any atom is 0.416 e. The number of carbonyl (C=O) groups excluding carboxylic acids is 1. The van der Waals surface area contributed by atoms with Gasteiger partial charge in [-0.15, -0.1) is 0 Å². The summed E-state index contributed by atoms with van der Waals surface area (Å²) < 4.78 is 46.2. The molecule has 4 rings (SSSR count). The van der Waals surface area contributed by atoms with E-state index in [1.54, 1.807) is 11.0 Å².